The molecule has 4 rings (SSSR count). The van der Waals surface area contributed by atoms with Crippen molar-refractivity contribution in [1.29, 1.82) is 0 Å². The molecule has 1 unspecified atom stereocenters. The maximum absolute atomic E-state index is 13.7. The van der Waals surface area contributed by atoms with Crippen LogP contribution in [-0.4, -0.2) is 33.8 Å². The Labute approximate surface area is 190 Å². The van der Waals surface area contributed by atoms with Crippen molar-refractivity contribution in [2.45, 2.75) is 17.3 Å². The molecule has 0 aliphatic carbocycles. The average molecular weight is 471 g/mol. The van der Waals surface area contributed by atoms with Crippen LogP contribution in [0, 0.1) is 0 Å². The van der Waals surface area contributed by atoms with Crippen LogP contribution < -0.4 is 16.2 Å². The predicted octanol–water partition coefficient (Wildman–Crippen LogP) is 4.11. The van der Waals surface area contributed by atoms with Gasteiger partial charge in [-0.25, -0.2) is 9.78 Å². The summed E-state index contributed by atoms with van der Waals surface area (Å²) in [4.78, 5) is 43.9. The summed E-state index contributed by atoms with van der Waals surface area (Å²) < 4.78 is 1.53. The number of nitrogens with zero attached hydrogens (tertiary/aromatic N) is 2. The highest BCUT2D eigenvalue weighted by molar-refractivity contribution is 8.00. The topological polar surface area (TPSA) is 93.1 Å². The molecule has 10 heteroatoms. The van der Waals surface area contributed by atoms with Crippen LogP contribution in [0.5, 0.6) is 0 Å². The lowest BCUT2D eigenvalue weighted by Gasteiger charge is -2.15. The smallest absolute Gasteiger partial charge is 0.321 e. The number of hydrogen-bond acceptors (Lipinski definition) is 7. The van der Waals surface area contributed by atoms with E-state index in [9.17, 15) is 14.4 Å². The van der Waals surface area contributed by atoms with E-state index in [-0.39, 0.29) is 5.56 Å². The summed E-state index contributed by atoms with van der Waals surface area (Å²) in [5.41, 5.74) is 1.33. The van der Waals surface area contributed by atoms with Gasteiger partial charge in [0.05, 0.1) is 16.3 Å². The van der Waals surface area contributed by atoms with E-state index in [0.29, 0.717) is 21.1 Å². The van der Waals surface area contributed by atoms with Crippen LogP contribution in [0.4, 0.5) is 4.79 Å². The molecule has 0 fully saturated rings. The Kier molecular flexibility index (Phi) is 6.21. The van der Waals surface area contributed by atoms with Crippen molar-refractivity contribution < 1.29 is 9.59 Å². The Morgan fingerprint density at radius 3 is 2.58 bits per heavy atom. The van der Waals surface area contributed by atoms with E-state index in [1.165, 1.54) is 23.0 Å². The van der Waals surface area contributed by atoms with Gasteiger partial charge in [0.15, 0.2) is 5.16 Å². The highest BCUT2D eigenvalue weighted by atomic mass is 32.2. The number of carbonyl (C=O) groups excluding carboxylic acids is 2. The summed E-state index contributed by atoms with van der Waals surface area (Å²) in [6.45, 7) is 1.67. The number of thioether (sulfide) groups is 1. The Balaban J connectivity index is 1.84. The molecule has 158 valence electrons. The fraction of sp³-hybridized carbons (Fsp3) is 0.143. The van der Waals surface area contributed by atoms with Gasteiger partial charge in [0.2, 0.25) is 5.91 Å². The largest absolute Gasteiger partial charge is 0.341 e. The van der Waals surface area contributed by atoms with Crippen molar-refractivity contribution in [3.05, 3.63) is 63.6 Å². The van der Waals surface area contributed by atoms with Gasteiger partial charge in [-0.05, 0) is 30.5 Å². The lowest BCUT2D eigenvalue weighted by Crippen LogP contribution is -2.41. The molecule has 0 aliphatic heterocycles. The second-order valence-electron chi connectivity index (χ2n) is 6.51. The first-order valence-electron chi connectivity index (χ1n) is 9.32. The molecule has 3 heterocycles. The number of thiophene rings is 2. The van der Waals surface area contributed by atoms with E-state index in [0.717, 1.165) is 22.2 Å². The first kappa shape index (κ1) is 21.3. The third-order valence-electron chi connectivity index (χ3n) is 4.49. The van der Waals surface area contributed by atoms with Gasteiger partial charge in [0.25, 0.3) is 5.56 Å². The minimum absolute atomic E-state index is 0.192. The van der Waals surface area contributed by atoms with Crippen LogP contribution in [0.15, 0.2) is 63.2 Å². The third kappa shape index (κ3) is 4.27. The first-order chi connectivity index (χ1) is 15.0. The Morgan fingerprint density at radius 1 is 1.13 bits per heavy atom. The van der Waals surface area contributed by atoms with Gasteiger partial charge in [-0.1, -0.05) is 36.0 Å². The molecule has 1 atom stereocenters. The second kappa shape index (κ2) is 9.04. The predicted molar refractivity (Wildman–Crippen MR) is 126 cm³/mol. The molecule has 0 aliphatic rings. The molecule has 4 aromatic rings. The van der Waals surface area contributed by atoms with E-state index in [4.69, 9.17) is 4.98 Å². The van der Waals surface area contributed by atoms with Crippen LogP contribution in [0.25, 0.3) is 26.3 Å². The minimum atomic E-state index is -0.645. The molecule has 31 heavy (non-hydrogen) atoms. The van der Waals surface area contributed by atoms with Gasteiger partial charge < -0.3 is 5.32 Å². The van der Waals surface area contributed by atoms with E-state index in [2.05, 4.69) is 10.6 Å². The third-order valence-corrected chi connectivity index (χ3v) is 7.32. The summed E-state index contributed by atoms with van der Waals surface area (Å²) in [5, 5.41) is 8.83. The fourth-order valence-electron chi connectivity index (χ4n) is 2.96. The number of benzene rings is 1. The average Bonchev–Trinajstić information content (AvgIpc) is 3.44. The molecular weight excluding hydrogens is 452 g/mol. The van der Waals surface area contributed by atoms with E-state index < -0.39 is 17.2 Å². The van der Waals surface area contributed by atoms with Crippen molar-refractivity contribution in [3.63, 3.8) is 0 Å². The van der Waals surface area contributed by atoms with Gasteiger partial charge >= 0.3 is 6.03 Å². The van der Waals surface area contributed by atoms with Crippen molar-refractivity contribution >= 4 is 56.6 Å². The number of carbonyl (C=O) groups is 2. The maximum Gasteiger partial charge on any atom is 0.321 e. The van der Waals surface area contributed by atoms with Gasteiger partial charge in [-0.3, -0.25) is 19.5 Å². The lowest BCUT2D eigenvalue weighted by molar-refractivity contribution is -0.119. The molecule has 3 aromatic heterocycles. The zero-order chi connectivity index (χ0) is 22.0. The van der Waals surface area contributed by atoms with Crippen molar-refractivity contribution in [2.75, 3.05) is 7.05 Å². The van der Waals surface area contributed by atoms with Crippen LogP contribution in [0.2, 0.25) is 0 Å². The number of imide groups is 1. The molecule has 0 saturated heterocycles. The molecule has 0 saturated carbocycles. The van der Waals surface area contributed by atoms with Gasteiger partial charge in [-0.15, -0.1) is 22.7 Å². The highest BCUT2D eigenvalue weighted by Gasteiger charge is 2.23. The summed E-state index contributed by atoms with van der Waals surface area (Å²) in [7, 11) is 1.44. The van der Waals surface area contributed by atoms with Crippen LogP contribution in [0.3, 0.4) is 0 Å². The Morgan fingerprint density at radius 2 is 1.90 bits per heavy atom. The van der Waals surface area contributed by atoms with Crippen LogP contribution in [-0.2, 0) is 4.79 Å². The Hall–Kier alpha value is -2.95. The van der Waals surface area contributed by atoms with Crippen molar-refractivity contribution in [1.82, 2.24) is 20.2 Å². The van der Waals surface area contributed by atoms with Crippen LogP contribution >= 0.6 is 34.4 Å². The number of hydrogen-bond donors (Lipinski definition) is 2. The molecule has 7 nitrogen and oxygen atoms in total. The zero-order valence-electron chi connectivity index (χ0n) is 16.6. The van der Waals surface area contributed by atoms with E-state index >= 15 is 0 Å². The Bertz CT molecular complexity index is 1300. The zero-order valence-corrected chi connectivity index (χ0v) is 19.1. The number of aromatic nitrogens is 2. The number of amides is 3. The highest BCUT2D eigenvalue weighted by Crippen LogP contribution is 2.35. The number of nitrogens with one attached hydrogen (secondary N) is 2. The summed E-state index contributed by atoms with van der Waals surface area (Å²) in [6.07, 6.45) is 0. The number of urea groups is 1. The number of fused-ring (bicyclic) bond motifs is 1. The molecule has 0 bridgehead atoms. The maximum atomic E-state index is 13.7. The van der Waals surface area contributed by atoms with Crippen molar-refractivity contribution in [3.8, 4) is 16.1 Å². The quantitative estimate of drug-likeness (QED) is 0.338. The number of para-hydroxylation sites is 1. The first-order valence-corrected chi connectivity index (χ1v) is 12.0. The van der Waals surface area contributed by atoms with E-state index in [1.807, 2.05) is 53.2 Å². The minimum Gasteiger partial charge on any atom is -0.341 e. The normalized spacial score (nSPS) is 11.9. The second-order valence-corrected chi connectivity index (χ2v) is 9.62. The van der Waals surface area contributed by atoms with Gasteiger partial charge in [0, 0.05) is 22.9 Å². The summed E-state index contributed by atoms with van der Waals surface area (Å²) in [5.74, 6) is -0.469. The summed E-state index contributed by atoms with van der Waals surface area (Å²) >= 11 is 4.10. The summed E-state index contributed by atoms with van der Waals surface area (Å²) in [6, 6.07) is 12.5. The van der Waals surface area contributed by atoms with Crippen LogP contribution in [0.1, 0.15) is 6.92 Å². The fourth-order valence-corrected chi connectivity index (χ4v) is 5.69. The molecular formula is C21H18N4O3S3. The molecule has 0 radical (unpaired) electrons. The van der Waals surface area contributed by atoms with Crippen molar-refractivity contribution in [2.24, 2.45) is 0 Å². The van der Waals surface area contributed by atoms with Gasteiger partial charge in [0.1, 0.15) is 4.83 Å². The molecule has 0 spiro atoms. The molecule has 3 amide bonds. The SMILES string of the molecule is CNC(=O)NC(=O)C(C)Sc1nc2scc(-c3cccs3)c2c(=O)n1-c1ccccc1. The lowest BCUT2D eigenvalue weighted by atomic mass is 10.2. The molecule has 1 aromatic carbocycles. The van der Waals surface area contributed by atoms with E-state index in [1.54, 1.807) is 18.3 Å². The molecule has 2 N–H and O–H groups in total. The van der Waals surface area contributed by atoms with Gasteiger partial charge in [-0.2, -0.15) is 0 Å². The standard InChI is InChI=1S/C21H18N4O3S3/c1-12(17(26)23-20(28)22-2)31-21-24-18-16(14(11-30-18)15-9-6-10-29-15)19(27)25(21)13-7-4-3-5-8-13/h3-12H,1-2H3,(H2,22,23,26,28). The monoisotopic (exact) mass is 470 g/mol. The number of rotatable bonds is 5.